The average Bonchev–Trinajstić information content (AvgIpc) is 2.60. The summed E-state index contributed by atoms with van der Waals surface area (Å²) in [6.45, 7) is 0.631. The Hall–Kier alpha value is -1.55. The number of hydroxylamine groups is 1. The van der Waals surface area contributed by atoms with Gasteiger partial charge in [0.2, 0.25) is 0 Å². The highest BCUT2D eigenvalue weighted by molar-refractivity contribution is 5.93. The number of nitrogens with one attached hydrogen (secondary N) is 1. The van der Waals surface area contributed by atoms with Gasteiger partial charge in [-0.2, -0.15) is 0 Å². The van der Waals surface area contributed by atoms with Crippen LogP contribution in [0.4, 0.5) is 10.5 Å². The average molecular weight is 178 g/mol. The van der Waals surface area contributed by atoms with E-state index in [0.29, 0.717) is 6.54 Å². The number of carbonyl (C=O) groups is 1. The van der Waals surface area contributed by atoms with Gasteiger partial charge in [-0.25, -0.2) is 10.3 Å². The molecule has 2 amide bonds. The largest absolute Gasteiger partial charge is 0.345 e. The van der Waals surface area contributed by atoms with Gasteiger partial charge in [0.05, 0.1) is 0 Å². The number of anilines is 1. The lowest BCUT2D eigenvalue weighted by atomic mass is 10.2. The standard InChI is InChI=1S/C9H10N2O2/c12-9(10-13)11-6-5-7-3-1-2-4-8(7)11/h1-4,13H,5-6H2,(H,10,12). The summed E-state index contributed by atoms with van der Waals surface area (Å²) in [6, 6.07) is 7.21. The Morgan fingerprint density at radius 2 is 2.23 bits per heavy atom. The Bertz CT molecular complexity index is 338. The van der Waals surface area contributed by atoms with Crippen LogP contribution in [0.2, 0.25) is 0 Å². The maximum Gasteiger partial charge on any atom is 0.345 e. The molecule has 4 heteroatoms. The Kier molecular flexibility index (Phi) is 1.90. The van der Waals surface area contributed by atoms with E-state index in [-0.39, 0.29) is 0 Å². The van der Waals surface area contributed by atoms with Gasteiger partial charge < -0.3 is 0 Å². The first-order valence-corrected chi connectivity index (χ1v) is 4.12. The van der Waals surface area contributed by atoms with Crippen molar-refractivity contribution >= 4 is 11.7 Å². The first-order valence-electron chi connectivity index (χ1n) is 4.12. The number of hydrogen-bond acceptors (Lipinski definition) is 2. The number of rotatable bonds is 0. The number of urea groups is 1. The Balaban J connectivity index is 2.33. The van der Waals surface area contributed by atoms with Crippen LogP contribution in [0.25, 0.3) is 0 Å². The van der Waals surface area contributed by atoms with Crippen LogP contribution >= 0.6 is 0 Å². The first kappa shape index (κ1) is 8.07. The number of benzene rings is 1. The SMILES string of the molecule is O=C(NO)N1CCc2ccccc21. The quantitative estimate of drug-likeness (QED) is 0.462. The summed E-state index contributed by atoms with van der Waals surface area (Å²) in [5.41, 5.74) is 3.66. The second-order valence-corrected chi connectivity index (χ2v) is 2.95. The summed E-state index contributed by atoms with van der Waals surface area (Å²) < 4.78 is 0. The second kappa shape index (κ2) is 3.06. The van der Waals surface area contributed by atoms with E-state index in [1.807, 2.05) is 24.3 Å². The third kappa shape index (κ3) is 1.25. The minimum Gasteiger partial charge on any atom is -0.292 e. The lowest BCUT2D eigenvalue weighted by Crippen LogP contribution is -2.36. The molecule has 0 fully saturated rings. The molecule has 0 atom stereocenters. The van der Waals surface area contributed by atoms with Crippen LogP contribution < -0.4 is 10.4 Å². The topological polar surface area (TPSA) is 52.6 Å². The van der Waals surface area contributed by atoms with E-state index in [1.54, 1.807) is 5.48 Å². The molecule has 1 aromatic carbocycles. The van der Waals surface area contributed by atoms with Gasteiger partial charge in [0.15, 0.2) is 0 Å². The molecule has 1 aliphatic rings. The third-order valence-corrected chi connectivity index (χ3v) is 2.23. The van der Waals surface area contributed by atoms with Crippen molar-refractivity contribution < 1.29 is 10.0 Å². The molecule has 0 radical (unpaired) electrons. The number of carbonyl (C=O) groups excluding carboxylic acids is 1. The molecule has 1 aliphatic heterocycles. The summed E-state index contributed by atoms with van der Waals surface area (Å²) in [4.78, 5) is 12.7. The van der Waals surface area contributed by atoms with Gasteiger partial charge in [0.25, 0.3) is 0 Å². The van der Waals surface area contributed by atoms with E-state index >= 15 is 0 Å². The van der Waals surface area contributed by atoms with Crippen LogP contribution in [0.15, 0.2) is 24.3 Å². The third-order valence-electron chi connectivity index (χ3n) is 2.23. The van der Waals surface area contributed by atoms with Crippen molar-refractivity contribution in [2.45, 2.75) is 6.42 Å². The molecule has 1 heterocycles. The zero-order valence-corrected chi connectivity index (χ0v) is 7.03. The van der Waals surface area contributed by atoms with Gasteiger partial charge >= 0.3 is 6.03 Å². The van der Waals surface area contributed by atoms with E-state index in [4.69, 9.17) is 5.21 Å². The summed E-state index contributed by atoms with van der Waals surface area (Å²) in [6.07, 6.45) is 0.851. The van der Waals surface area contributed by atoms with E-state index in [9.17, 15) is 4.79 Å². The lowest BCUT2D eigenvalue weighted by Gasteiger charge is -2.14. The maximum atomic E-state index is 11.1. The summed E-state index contributed by atoms with van der Waals surface area (Å²) in [7, 11) is 0. The Labute approximate surface area is 75.7 Å². The van der Waals surface area contributed by atoms with Crippen molar-refractivity contribution in [3.05, 3.63) is 29.8 Å². The zero-order chi connectivity index (χ0) is 9.26. The van der Waals surface area contributed by atoms with Crippen LogP contribution in [-0.2, 0) is 6.42 Å². The molecule has 0 spiro atoms. The van der Waals surface area contributed by atoms with Gasteiger partial charge in [-0.1, -0.05) is 18.2 Å². The van der Waals surface area contributed by atoms with E-state index in [2.05, 4.69) is 0 Å². The molecule has 0 aromatic heterocycles. The smallest absolute Gasteiger partial charge is 0.292 e. The van der Waals surface area contributed by atoms with Crippen LogP contribution in [0.5, 0.6) is 0 Å². The number of amides is 2. The molecule has 0 unspecified atom stereocenters. The molecule has 0 aliphatic carbocycles. The first-order chi connectivity index (χ1) is 6.33. The van der Waals surface area contributed by atoms with Crippen molar-refractivity contribution in [2.75, 3.05) is 11.4 Å². The van der Waals surface area contributed by atoms with E-state index < -0.39 is 6.03 Å². The van der Waals surface area contributed by atoms with Crippen LogP contribution in [0, 0.1) is 0 Å². The Morgan fingerprint density at radius 3 is 3.00 bits per heavy atom. The molecule has 0 saturated heterocycles. The number of nitrogens with zero attached hydrogens (tertiary/aromatic N) is 1. The molecule has 4 nitrogen and oxygen atoms in total. The number of hydrogen-bond donors (Lipinski definition) is 2. The lowest BCUT2D eigenvalue weighted by molar-refractivity contribution is 0.167. The molecule has 68 valence electrons. The van der Waals surface area contributed by atoms with Gasteiger partial charge in [0.1, 0.15) is 0 Å². The van der Waals surface area contributed by atoms with Crippen molar-refractivity contribution in [3.8, 4) is 0 Å². The molecule has 13 heavy (non-hydrogen) atoms. The molecule has 2 N–H and O–H groups in total. The number of fused-ring (bicyclic) bond motifs is 1. The maximum absolute atomic E-state index is 11.1. The summed E-state index contributed by atoms with van der Waals surface area (Å²) in [5, 5.41) is 8.48. The molecule has 1 aromatic rings. The minimum atomic E-state index is -0.468. The van der Waals surface area contributed by atoms with Gasteiger partial charge in [-0.05, 0) is 18.1 Å². The van der Waals surface area contributed by atoms with E-state index in [1.165, 1.54) is 4.90 Å². The minimum absolute atomic E-state index is 0.468. The summed E-state index contributed by atoms with van der Waals surface area (Å²) in [5.74, 6) is 0. The zero-order valence-electron chi connectivity index (χ0n) is 7.03. The molecular formula is C9H10N2O2. The fourth-order valence-electron chi connectivity index (χ4n) is 1.61. The molecular weight excluding hydrogens is 168 g/mol. The van der Waals surface area contributed by atoms with Crippen LogP contribution in [-0.4, -0.2) is 17.8 Å². The van der Waals surface area contributed by atoms with Crippen LogP contribution in [0.1, 0.15) is 5.56 Å². The van der Waals surface area contributed by atoms with Crippen molar-refractivity contribution in [1.29, 1.82) is 0 Å². The normalized spacial score (nSPS) is 14.1. The predicted octanol–water partition coefficient (Wildman–Crippen LogP) is 1.15. The summed E-state index contributed by atoms with van der Waals surface area (Å²) >= 11 is 0. The highest BCUT2D eigenvalue weighted by Gasteiger charge is 2.23. The highest BCUT2D eigenvalue weighted by Crippen LogP contribution is 2.26. The van der Waals surface area contributed by atoms with Crippen molar-refractivity contribution in [1.82, 2.24) is 5.48 Å². The van der Waals surface area contributed by atoms with Gasteiger partial charge in [-0.15, -0.1) is 0 Å². The molecule has 2 rings (SSSR count). The van der Waals surface area contributed by atoms with Crippen molar-refractivity contribution in [3.63, 3.8) is 0 Å². The second-order valence-electron chi connectivity index (χ2n) is 2.95. The highest BCUT2D eigenvalue weighted by atomic mass is 16.5. The molecule has 0 saturated carbocycles. The van der Waals surface area contributed by atoms with Crippen LogP contribution in [0.3, 0.4) is 0 Å². The van der Waals surface area contributed by atoms with E-state index in [0.717, 1.165) is 17.7 Å². The molecule has 0 bridgehead atoms. The Morgan fingerprint density at radius 1 is 1.46 bits per heavy atom. The predicted molar refractivity (Wildman–Crippen MR) is 47.8 cm³/mol. The fraction of sp³-hybridized carbons (Fsp3) is 0.222. The van der Waals surface area contributed by atoms with Gasteiger partial charge in [-0.3, -0.25) is 10.1 Å². The fourth-order valence-corrected chi connectivity index (χ4v) is 1.61. The number of para-hydroxylation sites is 1. The van der Waals surface area contributed by atoms with Gasteiger partial charge in [0, 0.05) is 12.2 Å². The van der Waals surface area contributed by atoms with Crippen molar-refractivity contribution in [2.24, 2.45) is 0 Å². The monoisotopic (exact) mass is 178 g/mol.